The van der Waals surface area contributed by atoms with E-state index in [-0.39, 0.29) is 38.8 Å². The molecule has 2 aromatic carbocycles. The Morgan fingerprint density at radius 2 is 1.92 bits per heavy atom. The Labute approximate surface area is 162 Å². The molecular weight excluding hydrogens is 406 g/mol. The van der Waals surface area contributed by atoms with Gasteiger partial charge >= 0.3 is 0 Å². The lowest BCUT2D eigenvalue weighted by Crippen LogP contribution is -2.20. The molecule has 0 atom stereocenters. The van der Waals surface area contributed by atoms with Gasteiger partial charge in [-0.2, -0.15) is 5.10 Å². The highest BCUT2D eigenvalue weighted by Gasteiger charge is 2.11. The topological polar surface area (TPSA) is 69.0 Å². The van der Waals surface area contributed by atoms with E-state index < -0.39 is 11.7 Å². The molecule has 0 unspecified atom stereocenters. The first-order chi connectivity index (χ1) is 12.4. The Balaban J connectivity index is 1.63. The van der Waals surface area contributed by atoms with Crippen LogP contribution in [0, 0.1) is 5.82 Å². The van der Waals surface area contributed by atoms with Gasteiger partial charge in [0.15, 0.2) is 12.4 Å². The second-order valence-electron chi connectivity index (χ2n) is 5.04. The zero-order valence-electron chi connectivity index (χ0n) is 12.9. The third kappa shape index (κ3) is 4.24. The van der Waals surface area contributed by atoms with E-state index in [4.69, 9.17) is 39.5 Å². The average molecular weight is 416 g/mol. The average Bonchev–Trinajstić information content (AvgIpc) is 3.11. The van der Waals surface area contributed by atoms with Crippen LogP contribution < -0.4 is 10.1 Å². The van der Waals surface area contributed by atoms with Crippen molar-refractivity contribution >= 4 is 46.4 Å². The fourth-order valence-electron chi connectivity index (χ4n) is 2.06. The van der Waals surface area contributed by atoms with Crippen molar-refractivity contribution in [2.24, 2.45) is 0 Å². The first-order valence-corrected chi connectivity index (χ1v) is 8.29. The second-order valence-corrected chi connectivity index (χ2v) is 6.26. The van der Waals surface area contributed by atoms with Gasteiger partial charge in [0.05, 0.1) is 15.1 Å². The van der Waals surface area contributed by atoms with E-state index in [0.29, 0.717) is 0 Å². The van der Waals surface area contributed by atoms with Crippen LogP contribution in [0.4, 0.5) is 10.1 Å². The van der Waals surface area contributed by atoms with Gasteiger partial charge in [0, 0.05) is 11.8 Å². The van der Waals surface area contributed by atoms with Crippen LogP contribution in [0.1, 0.15) is 0 Å². The van der Waals surface area contributed by atoms with E-state index in [1.807, 2.05) is 0 Å². The lowest BCUT2D eigenvalue weighted by Gasteiger charge is -2.10. The number of carbonyl (C=O) groups is 1. The summed E-state index contributed by atoms with van der Waals surface area (Å²) in [6.07, 6.45) is 2.66. The predicted molar refractivity (Wildman–Crippen MR) is 96.9 cm³/mol. The molecular formula is C16H10Cl3FN4O2. The monoisotopic (exact) mass is 414 g/mol. The molecule has 3 aromatic rings. The largest absolute Gasteiger partial charge is 0.482 e. The van der Waals surface area contributed by atoms with Gasteiger partial charge in [-0.15, -0.1) is 0 Å². The summed E-state index contributed by atoms with van der Waals surface area (Å²) in [5, 5.41) is 7.11. The summed E-state index contributed by atoms with van der Waals surface area (Å²) in [5.74, 6) is -0.856. The minimum Gasteiger partial charge on any atom is -0.482 e. The molecule has 0 radical (unpaired) electrons. The maximum atomic E-state index is 14.1. The van der Waals surface area contributed by atoms with Crippen molar-refractivity contribution in [1.29, 1.82) is 0 Å². The van der Waals surface area contributed by atoms with Crippen molar-refractivity contribution in [3.63, 3.8) is 0 Å². The number of carbonyl (C=O) groups excluding carboxylic acids is 1. The number of anilines is 1. The van der Waals surface area contributed by atoms with Crippen molar-refractivity contribution in [1.82, 2.24) is 14.8 Å². The number of benzene rings is 2. The van der Waals surface area contributed by atoms with E-state index >= 15 is 0 Å². The molecule has 134 valence electrons. The Kier molecular flexibility index (Phi) is 5.61. The normalized spacial score (nSPS) is 10.6. The number of ether oxygens (including phenoxy) is 1. The molecule has 0 saturated heterocycles. The molecule has 10 heteroatoms. The number of rotatable bonds is 5. The molecule has 0 aliphatic heterocycles. The first-order valence-electron chi connectivity index (χ1n) is 7.16. The van der Waals surface area contributed by atoms with E-state index in [1.54, 1.807) is 0 Å². The number of nitrogens with one attached hydrogen (secondary N) is 1. The molecule has 0 fully saturated rings. The van der Waals surface area contributed by atoms with Gasteiger partial charge in [0.25, 0.3) is 5.91 Å². The van der Waals surface area contributed by atoms with Crippen LogP contribution in [-0.2, 0) is 4.79 Å². The van der Waals surface area contributed by atoms with Gasteiger partial charge in [0.2, 0.25) is 0 Å². The summed E-state index contributed by atoms with van der Waals surface area (Å²) in [4.78, 5) is 15.7. The first kappa shape index (κ1) is 18.4. The molecule has 1 aromatic heterocycles. The Bertz CT molecular complexity index is 951. The predicted octanol–water partition coefficient (Wildman–Crippen LogP) is 4.38. The molecule has 0 spiro atoms. The molecule has 3 rings (SSSR count). The highest BCUT2D eigenvalue weighted by Crippen LogP contribution is 2.33. The van der Waals surface area contributed by atoms with Crippen LogP contribution in [0.5, 0.6) is 5.75 Å². The van der Waals surface area contributed by atoms with E-state index in [9.17, 15) is 9.18 Å². The zero-order valence-corrected chi connectivity index (χ0v) is 15.2. The lowest BCUT2D eigenvalue weighted by atomic mass is 10.2. The van der Waals surface area contributed by atoms with Crippen LogP contribution in [-0.4, -0.2) is 27.3 Å². The van der Waals surface area contributed by atoms with Crippen molar-refractivity contribution in [2.45, 2.75) is 0 Å². The molecule has 1 heterocycles. The quantitative estimate of drug-likeness (QED) is 0.628. The Morgan fingerprint density at radius 1 is 1.15 bits per heavy atom. The van der Waals surface area contributed by atoms with Gasteiger partial charge in [-0.3, -0.25) is 4.79 Å². The molecule has 0 aliphatic rings. The van der Waals surface area contributed by atoms with Gasteiger partial charge < -0.3 is 10.1 Å². The minimum atomic E-state index is -0.568. The summed E-state index contributed by atoms with van der Waals surface area (Å²) in [5.41, 5.74) is 0.472. The molecule has 6 nitrogen and oxygen atoms in total. The van der Waals surface area contributed by atoms with Crippen LogP contribution in [0.15, 0.2) is 43.0 Å². The smallest absolute Gasteiger partial charge is 0.262 e. The van der Waals surface area contributed by atoms with Crippen LogP contribution in [0.25, 0.3) is 5.69 Å². The SMILES string of the molecule is O=C(COc1cc(Cl)c(Cl)cc1Cl)Nc1ccc(-n2cncn2)c(F)c1. The Morgan fingerprint density at radius 3 is 2.62 bits per heavy atom. The van der Waals surface area contributed by atoms with Crippen LogP contribution in [0.2, 0.25) is 15.1 Å². The van der Waals surface area contributed by atoms with Crippen LogP contribution in [0.3, 0.4) is 0 Å². The maximum Gasteiger partial charge on any atom is 0.262 e. The number of hydrogen-bond acceptors (Lipinski definition) is 4. The fourth-order valence-corrected chi connectivity index (χ4v) is 2.65. The third-order valence-electron chi connectivity index (χ3n) is 3.23. The van der Waals surface area contributed by atoms with Crippen molar-refractivity contribution in [3.8, 4) is 11.4 Å². The summed E-state index contributed by atoms with van der Waals surface area (Å²) in [7, 11) is 0. The number of aromatic nitrogens is 3. The summed E-state index contributed by atoms with van der Waals surface area (Å²) >= 11 is 17.7. The molecule has 0 saturated carbocycles. The summed E-state index contributed by atoms with van der Waals surface area (Å²) < 4.78 is 20.7. The fraction of sp³-hybridized carbons (Fsp3) is 0.0625. The van der Waals surface area contributed by atoms with Crippen molar-refractivity contribution in [3.05, 3.63) is 63.9 Å². The molecule has 0 aliphatic carbocycles. The van der Waals surface area contributed by atoms with E-state index in [0.717, 1.165) is 0 Å². The Hall–Kier alpha value is -2.35. The standard InChI is InChI=1S/C16H10Cl3FN4O2/c17-10-4-12(19)15(5-11(10)18)26-6-16(25)23-9-1-2-14(13(20)3-9)24-8-21-7-22-24/h1-5,7-8H,6H2,(H,23,25). The van der Waals surface area contributed by atoms with Crippen molar-refractivity contribution < 1.29 is 13.9 Å². The van der Waals surface area contributed by atoms with Gasteiger partial charge in [0.1, 0.15) is 24.1 Å². The number of amides is 1. The lowest BCUT2D eigenvalue weighted by molar-refractivity contribution is -0.118. The van der Waals surface area contributed by atoms with Crippen LogP contribution >= 0.6 is 34.8 Å². The highest BCUT2D eigenvalue weighted by molar-refractivity contribution is 6.43. The molecule has 1 amide bonds. The van der Waals surface area contributed by atoms with Gasteiger partial charge in [-0.05, 0) is 24.3 Å². The minimum absolute atomic E-state index is 0.208. The third-order valence-corrected chi connectivity index (χ3v) is 4.25. The van der Waals surface area contributed by atoms with Gasteiger partial charge in [-0.25, -0.2) is 14.1 Å². The summed E-state index contributed by atoms with van der Waals surface area (Å²) in [6, 6.07) is 6.99. The van der Waals surface area contributed by atoms with E-state index in [1.165, 1.54) is 47.7 Å². The maximum absolute atomic E-state index is 14.1. The van der Waals surface area contributed by atoms with Gasteiger partial charge in [-0.1, -0.05) is 34.8 Å². The van der Waals surface area contributed by atoms with Crippen molar-refractivity contribution in [2.75, 3.05) is 11.9 Å². The molecule has 1 N–H and O–H groups in total. The molecule has 0 bridgehead atoms. The second kappa shape index (κ2) is 7.90. The zero-order chi connectivity index (χ0) is 18.7. The number of halogens is 4. The van der Waals surface area contributed by atoms with E-state index in [2.05, 4.69) is 15.4 Å². The molecule has 26 heavy (non-hydrogen) atoms. The highest BCUT2D eigenvalue weighted by atomic mass is 35.5. The number of hydrogen-bond donors (Lipinski definition) is 1. The summed E-state index contributed by atoms with van der Waals surface area (Å²) in [6.45, 7) is -0.343. The number of nitrogens with zero attached hydrogens (tertiary/aromatic N) is 3.